The van der Waals surface area contributed by atoms with Crippen LogP contribution < -0.4 is 4.74 Å². The molecule has 0 N–H and O–H groups in total. The lowest BCUT2D eigenvalue weighted by Crippen LogP contribution is -2.39. The van der Waals surface area contributed by atoms with Gasteiger partial charge in [-0.05, 0) is 69.5 Å². The van der Waals surface area contributed by atoms with Crippen LogP contribution in [0.1, 0.15) is 61.5 Å². The molecule has 1 atom stereocenters. The van der Waals surface area contributed by atoms with E-state index >= 15 is 0 Å². The maximum absolute atomic E-state index is 13.0. The van der Waals surface area contributed by atoms with Crippen LogP contribution in [0.4, 0.5) is 0 Å². The summed E-state index contributed by atoms with van der Waals surface area (Å²) in [5.74, 6) is 0.890. The zero-order chi connectivity index (χ0) is 20.1. The van der Waals surface area contributed by atoms with Gasteiger partial charge in [0.05, 0.1) is 5.92 Å². The first-order valence-electron chi connectivity index (χ1n) is 10.3. The lowest BCUT2D eigenvalue weighted by atomic mass is 9.82. The molecule has 2 aromatic rings. The fourth-order valence-corrected chi connectivity index (χ4v) is 3.98. The molecular weight excluding hydrogens is 346 g/mol. The maximum Gasteiger partial charge on any atom is 0.170 e. The van der Waals surface area contributed by atoms with E-state index in [0.29, 0.717) is 18.7 Å². The van der Waals surface area contributed by atoms with Crippen LogP contribution in [0.25, 0.3) is 6.08 Å². The van der Waals surface area contributed by atoms with Gasteiger partial charge in [-0.25, -0.2) is 0 Å². The molecule has 3 nitrogen and oxygen atoms in total. The van der Waals surface area contributed by atoms with Crippen molar-refractivity contribution in [2.45, 2.75) is 52.1 Å². The van der Waals surface area contributed by atoms with Crippen LogP contribution >= 0.6 is 0 Å². The molecule has 148 valence electrons. The number of carbonyl (C=O) groups is 1. The molecule has 0 saturated carbocycles. The van der Waals surface area contributed by atoms with Crippen LogP contribution in [-0.2, 0) is 0 Å². The van der Waals surface area contributed by atoms with Gasteiger partial charge in [-0.15, -0.1) is 0 Å². The Morgan fingerprint density at radius 2 is 1.71 bits per heavy atom. The highest BCUT2D eigenvalue weighted by molar-refractivity contribution is 6.02. The Balaban J connectivity index is 1.62. The number of rotatable bonds is 8. The Kier molecular flexibility index (Phi) is 6.69. The van der Waals surface area contributed by atoms with Crippen molar-refractivity contribution in [1.29, 1.82) is 0 Å². The molecule has 0 spiro atoms. The van der Waals surface area contributed by atoms with Crippen LogP contribution in [0.2, 0.25) is 0 Å². The number of nitrogens with zero attached hydrogens (tertiary/aromatic N) is 1. The monoisotopic (exact) mass is 377 g/mol. The SMILES string of the molecule is CC(C)N(CCOc1ccc(C(=O)C2CC=Cc3ccccc32)cc1)C(C)C. The van der Waals surface area contributed by atoms with Crippen LogP contribution in [0.3, 0.4) is 0 Å². The van der Waals surface area contributed by atoms with E-state index in [9.17, 15) is 4.79 Å². The van der Waals surface area contributed by atoms with Crippen molar-refractivity contribution in [3.63, 3.8) is 0 Å². The average Bonchev–Trinajstić information content (AvgIpc) is 2.70. The summed E-state index contributed by atoms with van der Waals surface area (Å²) in [7, 11) is 0. The normalized spacial score (nSPS) is 15.9. The Hall–Kier alpha value is -2.39. The lowest BCUT2D eigenvalue weighted by Gasteiger charge is -2.30. The highest BCUT2D eigenvalue weighted by Crippen LogP contribution is 2.32. The van der Waals surface area contributed by atoms with Gasteiger partial charge in [0.1, 0.15) is 12.4 Å². The van der Waals surface area contributed by atoms with E-state index in [1.54, 1.807) is 0 Å². The van der Waals surface area contributed by atoms with E-state index in [1.807, 2.05) is 36.4 Å². The molecule has 0 bridgehead atoms. The second kappa shape index (κ2) is 9.20. The molecule has 1 aliphatic rings. The molecular formula is C25H31NO2. The van der Waals surface area contributed by atoms with Gasteiger partial charge in [-0.2, -0.15) is 0 Å². The Morgan fingerprint density at radius 3 is 2.39 bits per heavy atom. The Morgan fingerprint density at radius 1 is 1.04 bits per heavy atom. The number of allylic oxidation sites excluding steroid dienone is 1. The molecule has 3 rings (SSSR count). The van der Waals surface area contributed by atoms with Gasteiger partial charge < -0.3 is 4.74 Å². The molecule has 2 aromatic carbocycles. The molecule has 0 radical (unpaired) electrons. The Bertz CT molecular complexity index is 813. The fourth-order valence-electron chi connectivity index (χ4n) is 3.98. The minimum absolute atomic E-state index is 0.0985. The van der Waals surface area contributed by atoms with E-state index in [-0.39, 0.29) is 11.7 Å². The highest BCUT2D eigenvalue weighted by Gasteiger charge is 2.24. The first kappa shape index (κ1) is 20.3. The van der Waals surface area contributed by atoms with Gasteiger partial charge in [-0.1, -0.05) is 36.4 Å². The number of ketones is 1. The quantitative estimate of drug-likeness (QED) is 0.564. The van der Waals surface area contributed by atoms with E-state index in [4.69, 9.17) is 4.74 Å². The molecule has 1 unspecified atom stereocenters. The van der Waals surface area contributed by atoms with Crippen LogP contribution in [0.15, 0.2) is 54.6 Å². The van der Waals surface area contributed by atoms with Crippen molar-refractivity contribution in [3.05, 3.63) is 71.3 Å². The first-order chi connectivity index (χ1) is 13.5. The molecule has 0 heterocycles. The summed E-state index contributed by atoms with van der Waals surface area (Å²) >= 11 is 0. The number of benzene rings is 2. The second-order valence-corrected chi connectivity index (χ2v) is 7.98. The van der Waals surface area contributed by atoms with Crippen LogP contribution in [0.5, 0.6) is 5.75 Å². The average molecular weight is 378 g/mol. The first-order valence-corrected chi connectivity index (χ1v) is 10.3. The summed E-state index contributed by atoms with van der Waals surface area (Å²) in [5, 5.41) is 0. The zero-order valence-electron chi connectivity index (χ0n) is 17.4. The largest absolute Gasteiger partial charge is 0.492 e. The number of carbonyl (C=O) groups excluding carboxylic acids is 1. The van der Waals surface area contributed by atoms with E-state index in [0.717, 1.165) is 35.4 Å². The van der Waals surface area contributed by atoms with Gasteiger partial charge in [-0.3, -0.25) is 9.69 Å². The number of fused-ring (bicyclic) bond motifs is 1. The van der Waals surface area contributed by atoms with Crippen molar-refractivity contribution in [2.24, 2.45) is 0 Å². The summed E-state index contributed by atoms with van der Waals surface area (Å²) in [5.41, 5.74) is 3.01. The molecule has 3 heteroatoms. The molecule has 0 fully saturated rings. The summed E-state index contributed by atoms with van der Waals surface area (Å²) in [6, 6.07) is 16.7. The molecule has 0 aliphatic heterocycles. The topological polar surface area (TPSA) is 29.5 Å². The minimum atomic E-state index is -0.0985. The lowest BCUT2D eigenvalue weighted by molar-refractivity contribution is 0.0959. The molecule has 0 amide bonds. The molecule has 0 saturated heterocycles. The van der Waals surface area contributed by atoms with Crippen molar-refractivity contribution >= 4 is 11.9 Å². The number of Topliss-reactive ketones (excluding diaryl/α,β-unsaturated/α-hetero) is 1. The number of hydrogen-bond donors (Lipinski definition) is 0. The fraction of sp³-hybridized carbons (Fsp3) is 0.400. The minimum Gasteiger partial charge on any atom is -0.492 e. The predicted molar refractivity (Wildman–Crippen MR) is 116 cm³/mol. The third kappa shape index (κ3) is 4.71. The maximum atomic E-state index is 13.0. The van der Waals surface area contributed by atoms with Crippen molar-refractivity contribution in [2.75, 3.05) is 13.2 Å². The number of hydrogen-bond acceptors (Lipinski definition) is 3. The van der Waals surface area contributed by atoms with Gasteiger partial charge in [0, 0.05) is 24.2 Å². The molecule has 28 heavy (non-hydrogen) atoms. The summed E-state index contributed by atoms with van der Waals surface area (Å²) in [4.78, 5) is 15.5. The van der Waals surface area contributed by atoms with E-state index in [1.165, 1.54) is 0 Å². The third-order valence-corrected chi connectivity index (χ3v) is 5.44. The van der Waals surface area contributed by atoms with Crippen molar-refractivity contribution < 1.29 is 9.53 Å². The van der Waals surface area contributed by atoms with Gasteiger partial charge in [0.15, 0.2) is 5.78 Å². The van der Waals surface area contributed by atoms with E-state index in [2.05, 4.69) is 56.9 Å². The molecule has 1 aliphatic carbocycles. The Labute approximate surface area is 169 Å². The number of ether oxygens (including phenoxy) is 1. The second-order valence-electron chi connectivity index (χ2n) is 7.98. The zero-order valence-corrected chi connectivity index (χ0v) is 17.4. The van der Waals surface area contributed by atoms with Gasteiger partial charge in [0.25, 0.3) is 0 Å². The van der Waals surface area contributed by atoms with Crippen molar-refractivity contribution in [3.8, 4) is 5.75 Å². The van der Waals surface area contributed by atoms with Gasteiger partial charge >= 0.3 is 0 Å². The van der Waals surface area contributed by atoms with Crippen LogP contribution in [-0.4, -0.2) is 35.9 Å². The van der Waals surface area contributed by atoms with Crippen LogP contribution in [0, 0.1) is 0 Å². The summed E-state index contributed by atoms with van der Waals surface area (Å²) in [6.07, 6.45) is 4.96. The highest BCUT2D eigenvalue weighted by atomic mass is 16.5. The molecule has 0 aromatic heterocycles. The summed E-state index contributed by atoms with van der Waals surface area (Å²) < 4.78 is 5.91. The standard InChI is InChI=1S/C25H31NO2/c1-18(2)26(19(3)4)16-17-28-22-14-12-21(13-15-22)25(27)24-11-7-9-20-8-5-6-10-23(20)24/h5-10,12-15,18-19,24H,11,16-17H2,1-4H3. The van der Waals surface area contributed by atoms with Crippen molar-refractivity contribution in [1.82, 2.24) is 4.90 Å². The van der Waals surface area contributed by atoms with Gasteiger partial charge in [0.2, 0.25) is 0 Å². The predicted octanol–water partition coefficient (Wildman–Crippen LogP) is 5.57. The smallest absolute Gasteiger partial charge is 0.170 e. The third-order valence-electron chi connectivity index (χ3n) is 5.44. The summed E-state index contributed by atoms with van der Waals surface area (Å²) in [6.45, 7) is 10.4. The van der Waals surface area contributed by atoms with E-state index < -0.39 is 0 Å².